The fourth-order valence-corrected chi connectivity index (χ4v) is 4.90. The molecule has 0 unspecified atom stereocenters. The zero-order valence-corrected chi connectivity index (χ0v) is 19.3. The van der Waals surface area contributed by atoms with Crippen LogP contribution in [0.15, 0.2) is 65.4 Å². The van der Waals surface area contributed by atoms with Crippen molar-refractivity contribution in [2.75, 3.05) is 7.11 Å². The van der Waals surface area contributed by atoms with E-state index in [9.17, 15) is 14.4 Å². The number of pyridine rings is 1. The Morgan fingerprint density at radius 1 is 0.912 bits per heavy atom. The second-order valence-corrected chi connectivity index (χ2v) is 8.81. The van der Waals surface area contributed by atoms with E-state index in [4.69, 9.17) is 14.2 Å². The summed E-state index contributed by atoms with van der Waals surface area (Å²) in [6.07, 6.45) is 7.20. The number of aryl methyl sites for hydroxylation is 1. The number of esters is 1. The van der Waals surface area contributed by atoms with Gasteiger partial charge in [0, 0.05) is 54.9 Å². The fourth-order valence-electron chi connectivity index (χ4n) is 4.90. The Morgan fingerprint density at radius 2 is 1.53 bits per heavy atom. The summed E-state index contributed by atoms with van der Waals surface area (Å²) >= 11 is 0. The van der Waals surface area contributed by atoms with Crippen LogP contribution in [0.3, 0.4) is 0 Å². The Kier molecular flexibility index (Phi) is 5.77. The highest BCUT2D eigenvalue weighted by atomic mass is 16.6. The molecule has 7 nitrogen and oxygen atoms in total. The lowest BCUT2D eigenvalue weighted by atomic mass is 9.73. The summed E-state index contributed by atoms with van der Waals surface area (Å²) in [6.45, 7) is 0. The molecule has 3 aliphatic rings. The van der Waals surface area contributed by atoms with Crippen LogP contribution in [-0.2, 0) is 21.4 Å². The maximum atomic E-state index is 13.0. The normalized spacial score (nSPS) is 18.3. The van der Waals surface area contributed by atoms with Gasteiger partial charge in [-0.25, -0.2) is 9.36 Å². The lowest BCUT2D eigenvalue weighted by molar-refractivity contribution is -0.671. The third kappa shape index (κ3) is 3.91. The molecule has 5 rings (SSSR count). The van der Waals surface area contributed by atoms with Gasteiger partial charge in [-0.2, -0.15) is 0 Å². The van der Waals surface area contributed by atoms with Crippen molar-refractivity contribution < 1.29 is 33.2 Å². The molecule has 0 spiro atoms. The molecule has 2 heterocycles. The Labute approximate surface area is 197 Å². The molecule has 0 radical (unpaired) electrons. The molecule has 0 atom stereocenters. The first-order valence-electron chi connectivity index (χ1n) is 11.5. The van der Waals surface area contributed by atoms with Gasteiger partial charge in [-0.05, 0) is 30.5 Å². The van der Waals surface area contributed by atoms with E-state index in [0.717, 1.165) is 12.8 Å². The van der Waals surface area contributed by atoms with Gasteiger partial charge in [0.1, 0.15) is 18.6 Å². The first-order chi connectivity index (χ1) is 16.5. The topological polar surface area (TPSA) is 82.8 Å². The highest BCUT2D eigenvalue weighted by Crippen LogP contribution is 2.48. The van der Waals surface area contributed by atoms with E-state index in [0.29, 0.717) is 65.2 Å². The van der Waals surface area contributed by atoms with Gasteiger partial charge < -0.3 is 14.2 Å². The maximum Gasteiger partial charge on any atom is 0.344 e. The van der Waals surface area contributed by atoms with Crippen molar-refractivity contribution in [2.24, 2.45) is 7.05 Å². The second kappa shape index (κ2) is 8.89. The number of carbonyl (C=O) groups is 3. The molecule has 0 saturated heterocycles. The molecular weight excluding hydrogens is 434 g/mol. The number of hydrogen-bond donors (Lipinski definition) is 0. The Hall–Kier alpha value is -3.74. The molecule has 2 aromatic rings. The summed E-state index contributed by atoms with van der Waals surface area (Å²) in [7, 11) is 3.36. The van der Waals surface area contributed by atoms with E-state index in [1.54, 1.807) is 36.7 Å². The van der Waals surface area contributed by atoms with Crippen LogP contribution in [-0.4, -0.2) is 24.6 Å². The molecular formula is C27H26NO6+. The first kappa shape index (κ1) is 22.1. The van der Waals surface area contributed by atoms with Crippen LogP contribution in [0.1, 0.15) is 60.4 Å². The third-order valence-corrected chi connectivity index (χ3v) is 6.58. The highest BCUT2D eigenvalue weighted by Gasteiger charge is 2.42. The van der Waals surface area contributed by atoms with Crippen molar-refractivity contribution in [3.63, 3.8) is 0 Å². The van der Waals surface area contributed by atoms with E-state index in [-0.39, 0.29) is 17.3 Å². The zero-order valence-electron chi connectivity index (χ0n) is 19.3. The summed E-state index contributed by atoms with van der Waals surface area (Å²) in [5.74, 6) is 0.913. The molecule has 0 N–H and O–H groups in total. The molecule has 0 saturated carbocycles. The number of benzene rings is 1. The van der Waals surface area contributed by atoms with E-state index in [1.165, 1.54) is 7.11 Å². The van der Waals surface area contributed by atoms with Crippen molar-refractivity contribution in [2.45, 2.75) is 44.4 Å². The van der Waals surface area contributed by atoms with Crippen LogP contribution in [0.25, 0.3) is 0 Å². The predicted octanol–water partition coefficient (Wildman–Crippen LogP) is 3.87. The van der Waals surface area contributed by atoms with Crippen molar-refractivity contribution >= 4 is 17.5 Å². The van der Waals surface area contributed by atoms with Gasteiger partial charge in [0.05, 0.1) is 12.7 Å². The van der Waals surface area contributed by atoms with E-state index >= 15 is 0 Å². The molecule has 0 amide bonds. The maximum absolute atomic E-state index is 13.0. The quantitative estimate of drug-likeness (QED) is 0.391. The monoisotopic (exact) mass is 460 g/mol. The number of rotatable bonds is 4. The summed E-state index contributed by atoms with van der Waals surface area (Å²) in [6, 6.07) is 8.58. The van der Waals surface area contributed by atoms with Crippen LogP contribution in [0.4, 0.5) is 0 Å². The van der Waals surface area contributed by atoms with Crippen molar-refractivity contribution in [3.05, 3.63) is 76.5 Å². The van der Waals surface area contributed by atoms with Crippen LogP contribution in [0, 0.1) is 0 Å². The van der Waals surface area contributed by atoms with Gasteiger partial charge in [-0.3, -0.25) is 9.59 Å². The van der Waals surface area contributed by atoms with Crippen molar-refractivity contribution in [1.82, 2.24) is 0 Å². The number of methoxy groups -OCH3 is 1. The summed E-state index contributed by atoms with van der Waals surface area (Å²) in [5, 5.41) is 0. The minimum absolute atomic E-state index is 0.00249. The smallest absolute Gasteiger partial charge is 0.344 e. The number of aromatic nitrogens is 1. The van der Waals surface area contributed by atoms with Crippen LogP contribution >= 0.6 is 0 Å². The van der Waals surface area contributed by atoms with Gasteiger partial charge in [-0.1, -0.05) is 6.07 Å². The molecule has 7 heteroatoms. The second-order valence-electron chi connectivity index (χ2n) is 8.81. The first-order valence-corrected chi connectivity index (χ1v) is 11.5. The number of carbonyl (C=O) groups excluding carboxylic acids is 3. The van der Waals surface area contributed by atoms with Gasteiger partial charge in [0.25, 0.3) is 0 Å². The van der Waals surface area contributed by atoms with Crippen LogP contribution in [0.2, 0.25) is 0 Å². The molecule has 1 aromatic carbocycles. The summed E-state index contributed by atoms with van der Waals surface area (Å²) in [5.41, 5.74) is 2.21. The minimum atomic E-state index is -0.529. The van der Waals surface area contributed by atoms with E-state index < -0.39 is 11.9 Å². The molecule has 1 aromatic heterocycles. The molecule has 174 valence electrons. The summed E-state index contributed by atoms with van der Waals surface area (Å²) in [4.78, 5) is 38.8. The number of ketones is 2. The Balaban J connectivity index is 1.58. The molecule has 34 heavy (non-hydrogen) atoms. The number of hydrogen-bond acceptors (Lipinski definition) is 6. The van der Waals surface area contributed by atoms with Gasteiger partial charge in [-0.15, -0.1) is 0 Å². The van der Waals surface area contributed by atoms with Crippen LogP contribution in [0.5, 0.6) is 11.5 Å². The standard InChI is InChI=1S/C27H26NO6/c1-28-13-11-16(12-14-28)27(31)34-23-15-17(9-10-20(23)32-2)24-25-18(29)5-3-7-21(25)33-22-8-4-6-19(30)26(22)24/h9-15,24H,3-8H2,1-2H3/q+1. The predicted molar refractivity (Wildman–Crippen MR) is 121 cm³/mol. The average molecular weight is 461 g/mol. The molecule has 1 aliphatic heterocycles. The van der Waals surface area contributed by atoms with E-state index in [2.05, 4.69) is 0 Å². The number of Topliss-reactive ketones (excluding diaryl/α,β-unsaturated/α-hetero) is 2. The lowest BCUT2D eigenvalue weighted by Gasteiger charge is -2.36. The lowest BCUT2D eigenvalue weighted by Crippen LogP contribution is -2.30. The molecule has 2 aliphatic carbocycles. The van der Waals surface area contributed by atoms with Crippen molar-refractivity contribution in [3.8, 4) is 11.5 Å². The zero-order chi connectivity index (χ0) is 23.8. The van der Waals surface area contributed by atoms with Gasteiger partial charge >= 0.3 is 5.97 Å². The van der Waals surface area contributed by atoms with Gasteiger partial charge in [0.15, 0.2) is 35.5 Å². The number of nitrogens with zero attached hydrogens (tertiary/aromatic N) is 1. The summed E-state index contributed by atoms with van der Waals surface area (Å²) < 4.78 is 19.1. The van der Waals surface area contributed by atoms with Crippen LogP contribution < -0.4 is 14.0 Å². The molecule has 0 fully saturated rings. The number of allylic oxidation sites excluding steroid dienone is 4. The number of ether oxygens (including phenoxy) is 3. The molecule has 0 bridgehead atoms. The van der Waals surface area contributed by atoms with Gasteiger partial charge in [0.2, 0.25) is 0 Å². The Bertz CT molecular complexity index is 1210. The van der Waals surface area contributed by atoms with E-state index in [1.807, 2.05) is 17.7 Å². The average Bonchev–Trinajstić information content (AvgIpc) is 2.83. The fraction of sp³-hybridized carbons (Fsp3) is 0.333. The SMILES string of the molecule is COc1ccc(C2C3=C(CCCC3=O)OC3=C2C(=O)CCC3)cc1OC(=O)c1cc[n+](C)cc1. The minimum Gasteiger partial charge on any atom is -0.493 e. The Morgan fingerprint density at radius 3 is 2.12 bits per heavy atom. The largest absolute Gasteiger partial charge is 0.493 e. The third-order valence-electron chi connectivity index (χ3n) is 6.58. The van der Waals surface area contributed by atoms with Crippen molar-refractivity contribution in [1.29, 1.82) is 0 Å². The highest BCUT2D eigenvalue weighted by molar-refractivity contribution is 6.05.